The number of likely N-dealkylation sites (tertiary alicyclic amines) is 1. The number of amides is 2. The first kappa shape index (κ1) is 22.6. The first-order chi connectivity index (χ1) is 15.2. The highest BCUT2D eigenvalue weighted by Gasteiger charge is 2.45. The first-order valence-corrected chi connectivity index (χ1v) is 11.2. The topological polar surface area (TPSA) is 90.4 Å². The molecule has 172 valence electrons. The molecule has 3 unspecified atom stereocenters. The Bertz CT molecular complexity index is 897. The van der Waals surface area contributed by atoms with Crippen LogP contribution in [0.1, 0.15) is 60.9 Å². The summed E-state index contributed by atoms with van der Waals surface area (Å²) in [6, 6.07) is 5.20. The van der Waals surface area contributed by atoms with Gasteiger partial charge in [0.2, 0.25) is 5.91 Å². The lowest BCUT2D eigenvalue weighted by Gasteiger charge is -2.50. The molecule has 0 radical (unpaired) electrons. The van der Waals surface area contributed by atoms with Crippen molar-refractivity contribution in [2.45, 2.75) is 75.3 Å². The summed E-state index contributed by atoms with van der Waals surface area (Å²) < 4.78 is 38.6. The Hall–Kier alpha value is -2.60. The summed E-state index contributed by atoms with van der Waals surface area (Å²) in [6.45, 7) is 0.545. The van der Waals surface area contributed by atoms with Gasteiger partial charge in [-0.2, -0.15) is 18.4 Å². The van der Waals surface area contributed by atoms with Gasteiger partial charge in [-0.1, -0.05) is 0 Å². The van der Waals surface area contributed by atoms with Gasteiger partial charge in [0.15, 0.2) is 0 Å². The number of hydrogen-bond donors (Lipinski definition) is 1. The van der Waals surface area contributed by atoms with E-state index in [2.05, 4.69) is 6.07 Å². The molecule has 3 saturated heterocycles. The average Bonchev–Trinajstić information content (AvgIpc) is 3.25. The van der Waals surface area contributed by atoms with Gasteiger partial charge in [-0.3, -0.25) is 9.59 Å². The van der Waals surface area contributed by atoms with Crippen molar-refractivity contribution in [3.8, 4) is 6.07 Å². The van der Waals surface area contributed by atoms with Gasteiger partial charge in [-0.15, -0.1) is 0 Å². The number of carbonyl (C=O) groups excluding carboxylic acids is 2. The van der Waals surface area contributed by atoms with Crippen molar-refractivity contribution in [1.82, 2.24) is 9.80 Å². The lowest BCUT2D eigenvalue weighted by Crippen LogP contribution is -2.59. The second kappa shape index (κ2) is 8.74. The van der Waals surface area contributed by atoms with Gasteiger partial charge in [-0.25, -0.2) is 0 Å². The van der Waals surface area contributed by atoms with Gasteiger partial charge in [0.1, 0.15) is 6.04 Å². The molecular formula is C23H27F3N4O2. The van der Waals surface area contributed by atoms with Crippen LogP contribution in [0.4, 0.5) is 13.2 Å². The summed E-state index contributed by atoms with van der Waals surface area (Å²) >= 11 is 0. The highest BCUT2D eigenvalue weighted by Crippen LogP contribution is 2.39. The van der Waals surface area contributed by atoms with E-state index < -0.39 is 23.8 Å². The number of nitrogens with zero attached hydrogens (tertiary/aromatic N) is 3. The number of piperidine rings is 2. The average molecular weight is 448 g/mol. The molecule has 0 aliphatic carbocycles. The van der Waals surface area contributed by atoms with E-state index >= 15 is 0 Å². The van der Waals surface area contributed by atoms with Crippen LogP contribution < -0.4 is 5.73 Å². The third-order valence-electron chi connectivity index (χ3n) is 7.18. The predicted octanol–water partition coefficient (Wildman–Crippen LogP) is 3.32. The Morgan fingerprint density at radius 2 is 1.69 bits per heavy atom. The van der Waals surface area contributed by atoms with E-state index in [0.29, 0.717) is 25.8 Å². The fraction of sp³-hybridized carbons (Fsp3) is 0.609. The molecule has 6 nitrogen and oxygen atoms in total. The minimum Gasteiger partial charge on any atom is -0.333 e. The maximum absolute atomic E-state index is 13.2. The number of fused-ring (bicyclic) bond motifs is 2. The number of rotatable bonds is 3. The molecule has 2 bridgehead atoms. The molecule has 1 aromatic rings. The molecule has 4 atom stereocenters. The van der Waals surface area contributed by atoms with Crippen molar-refractivity contribution in [3.05, 3.63) is 35.4 Å². The summed E-state index contributed by atoms with van der Waals surface area (Å²) in [5.74, 6) is -0.551. The number of alkyl halides is 3. The van der Waals surface area contributed by atoms with Crippen molar-refractivity contribution < 1.29 is 22.8 Å². The molecule has 0 spiro atoms. The van der Waals surface area contributed by atoms with E-state index in [1.54, 1.807) is 9.80 Å². The van der Waals surface area contributed by atoms with Crippen LogP contribution in [0.5, 0.6) is 0 Å². The maximum atomic E-state index is 13.2. The van der Waals surface area contributed by atoms with E-state index in [4.69, 9.17) is 5.73 Å². The second-order valence-electron chi connectivity index (χ2n) is 9.10. The summed E-state index contributed by atoms with van der Waals surface area (Å²) in [6.07, 6.45) is 0.712. The lowest BCUT2D eigenvalue weighted by atomic mass is 9.75. The maximum Gasteiger partial charge on any atom is 0.416 e. The number of nitriles is 1. The number of halogens is 3. The first-order valence-electron chi connectivity index (χ1n) is 11.2. The molecule has 0 saturated carbocycles. The van der Waals surface area contributed by atoms with E-state index in [1.807, 2.05) is 0 Å². The van der Waals surface area contributed by atoms with Crippen LogP contribution >= 0.6 is 0 Å². The van der Waals surface area contributed by atoms with E-state index in [1.165, 1.54) is 12.1 Å². The standard InChI is InChI=1S/C23H27F3N4O2/c24-23(25,26)16-8-6-14(7-9-16)21(31)30-17-3-1-4-18(30)12-15(11-17)20(28)22(32)29-10-2-5-19(29)13-27/h6-9,15,17-20H,1-5,10-12,28H2/t15?,17?,18?,19-,20?/m0/s1. The Labute approximate surface area is 185 Å². The molecule has 2 amide bonds. The second-order valence-corrected chi connectivity index (χ2v) is 9.10. The number of carbonyl (C=O) groups is 2. The molecule has 9 heteroatoms. The minimum absolute atomic E-state index is 0.0885. The highest BCUT2D eigenvalue weighted by atomic mass is 19.4. The van der Waals surface area contributed by atoms with E-state index in [0.717, 1.165) is 37.8 Å². The van der Waals surface area contributed by atoms with E-state index in [-0.39, 0.29) is 35.4 Å². The molecule has 3 heterocycles. The number of nitrogens with two attached hydrogens (primary N) is 1. The molecule has 0 aromatic heterocycles. The molecule has 32 heavy (non-hydrogen) atoms. The Morgan fingerprint density at radius 3 is 2.25 bits per heavy atom. The van der Waals surface area contributed by atoms with Crippen LogP contribution in [-0.2, 0) is 11.0 Å². The zero-order valence-corrected chi connectivity index (χ0v) is 17.7. The van der Waals surface area contributed by atoms with Crippen LogP contribution in [0.15, 0.2) is 24.3 Å². The van der Waals surface area contributed by atoms with E-state index in [9.17, 15) is 28.0 Å². The van der Waals surface area contributed by atoms with Crippen molar-refractivity contribution in [1.29, 1.82) is 5.26 Å². The Morgan fingerprint density at radius 1 is 1.06 bits per heavy atom. The molecule has 3 aliphatic rings. The fourth-order valence-electron chi connectivity index (χ4n) is 5.56. The smallest absolute Gasteiger partial charge is 0.333 e. The molecule has 3 fully saturated rings. The number of benzene rings is 1. The van der Waals surface area contributed by atoms with Gasteiger partial charge in [0.25, 0.3) is 5.91 Å². The van der Waals surface area contributed by atoms with Crippen LogP contribution in [0.3, 0.4) is 0 Å². The minimum atomic E-state index is -4.45. The Kier molecular flexibility index (Phi) is 6.17. The van der Waals surface area contributed by atoms with Crippen molar-refractivity contribution in [2.24, 2.45) is 11.7 Å². The van der Waals surface area contributed by atoms with Crippen molar-refractivity contribution in [2.75, 3.05) is 6.54 Å². The van der Waals surface area contributed by atoms with Gasteiger partial charge in [0, 0.05) is 24.2 Å². The zero-order valence-electron chi connectivity index (χ0n) is 17.7. The van der Waals surface area contributed by atoms with Gasteiger partial charge in [0.05, 0.1) is 17.7 Å². The Balaban J connectivity index is 1.47. The number of hydrogen-bond acceptors (Lipinski definition) is 4. The molecule has 1 aromatic carbocycles. The monoisotopic (exact) mass is 448 g/mol. The quantitative estimate of drug-likeness (QED) is 0.768. The highest BCUT2D eigenvalue weighted by molar-refractivity contribution is 5.95. The van der Waals surface area contributed by atoms with Gasteiger partial charge < -0.3 is 15.5 Å². The zero-order chi connectivity index (χ0) is 23.0. The van der Waals surface area contributed by atoms with Gasteiger partial charge >= 0.3 is 6.18 Å². The SMILES string of the molecule is N#C[C@@H]1CCCN1C(=O)C(N)C1CC2CCCC(C1)N2C(=O)c1ccc(C(F)(F)F)cc1. The summed E-state index contributed by atoms with van der Waals surface area (Å²) in [7, 11) is 0. The summed E-state index contributed by atoms with van der Waals surface area (Å²) in [4.78, 5) is 29.5. The third-order valence-corrected chi connectivity index (χ3v) is 7.18. The third kappa shape index (κ3) is 4.20. The van der Waals surface area contributed by atoms with Gasteiger partial charge in [-0.05, 0) is 75.1 Å². The van der Waals surface area contributed by atoms with Crippen LogP contribution in [0.25, 0.3) is 0 Å². The predicted molar refractivity (Wildman–Crippen MR) is 110 cm³/mol. The molecule has 3 aliphatic heterocycles. The van der Waals surface area contributed by atoms with Crippen molar-refractivity contribution >= 4 is 11.8 Å². The van der Waals surface area contributed by atoms with Crippen LogP contribution in [0.2, 0.25) is 0 Å². The lowest BCUT2D eigenvalue weighted by molar-refractivity contribution is -0.137. The van der Waals surface area contributed by atoms with Crippen LogP contribution in [-0.4, -0.2) is 52.3 Å². The fourth-order valence-corrected chi connectivity index (χ4v) is 5.56. The van der Waals surface area contributed by atoms with Crippen molar-refractivity contribution in [3.63, 3.8) is 0 Å². The normalized spacial score (nSPS) is 28.8. The summed E-state index contributed by atoms with van der Waals surface area (Å²) in [5, 5.41) is 9.28. The van der Waals surface area contributed by atoms with Crippen LogP contribution in [0, 0.1) is 17.2 Å². The summed E-state index contributed by atoms with van der Waals surface area (Å²) in [5.41, 5.74) is 5.83. The molecule has 4 rings (SSSR count). The molecule has 2 N–H and O–H groups in total. The molecular weight excluding hydrogens is 421 g/mol. The largest absolute Gasteiger partial charge is 0.416 e.